The molecule has 9 heteroatoms. The van der Waals surface area contributed by atoms with Crippen molar-refractivity contribution in [1.29, 1.82) is 0 Å². The van der Waals surface area contributed by atoms with Crippen LogP contribution >= 0.6 is 11.3 Å². The second-order valence-electron chi connectivity index (χ2n) is 7.41. The number of pyridine rings is 1. The van der Waals surface area contributed by atoms with E-state index in [0.717, 1.165) is 40.4 Å². The Hall–Kier alpha value is -3.59. The van der Waals surface area contributed by atoms with Crippen LogP contribution in [0.25, 0.3) is 22.6 Å². The van der Waals surface area contributed by atoms with E-state index < -0.39 is 0 Å². The molecule has 3 aromatic heterocycles. The maximum Gasteiger partial charge on any atom is 0.226 e. The molecule has 3 heterocycles. The number of carbonyl (C=O) groups excluding carboxylic acids is 1. The van der Waals surface area contributed by atoms with Crippen LogP contribution in [-0.2, 0) is 17.6 Å². The molecule has 0 radical (unpaired) electrons. The van der Waals surface area contributed by atoms with Gasteiger partial charge in [-0.25, -0.2) is 4.98 Å². The first-order valence-electron chi connectivity index (χ1n) is 10.8. The van der Waals surface area contributed by atoms with E-state index in [-0.39, 0.29) is 5.91 Å². The molecule has 0 spiro atoms. The van der Waals surface area contributed by atoms with Crippen LogP contribution in [0.4, 0.5) is 0 Å². The smallest absolute Gasteiger partial charge is 0.226 e. The minimum Gasteiger partial charge on any atom is -0.497 e. The van der Waals surface area contributed by atoms with Gasteiger partial charge < -0.3 is 14.6 Å². The van der Waals surface area contributed by atoms with Gasteiger partial charge in [0.05, 0.1) is 17.8 Å². The first kappa shape index (κ1) is 22.6. The molecule has 0 fully saturated rings. The third-order valence-corrected chi connectivity index (χ3v) is 5.94. The predicted octanol–water partition coefficient (Wildman–Crippen LogP) is 4.34. The number of benzene rings is 1. The molecule has 170 valence electrons. The number of aromatic nitrogens is 4. The monoisotopic (exact) mass is 463 g/mol. The summed E-state index contributed by atoms with van der Waals surface area (Å²) in [6.45, 7) is 0.630. The van der Waals surface area contributed by atoms with E-state index in [1.807, 2.05) is 36.4 Å². The van der Waals surface area contributed by atoms with E-state index in [1.54, 1.807) is 30.8 Å². The molecule has 8 nitrogen and oxygen atoms in total. The highest BCUT2D eigenvalue weighted by Gasteiger charge is 2.10. The number of amides is 1. The molecule has 4 aromatic rings. The Morgan fingerprint density at radius 2 is 1.85 bits per heavy atom. The minimum atomic E-state index is 0.0292. The SMILES string of the molecule is COc1ccc(-c2noc(CCCC(=O)NCCCc3nc(-c4ccncc4)cs3)n2)cc1. The lowest BCUT2D eigenvalue weighted by Gasteiger charge is -2.03. The zero-order chi connectivity index (χ0) is 22.9. The fourth-order valence-electron chi connectivity index (χ4n) is 3.25. The molecule has 0 unspecified atom stereocenters. The molecule has 0 aliphatic carbocycles. The Labute approximate surface area is 196 Å². The Morgan fingerprint density at radius 3 is 2.64 bits per heavy atom. The fourth-order valence-corrected chi connectivity index (χ4v) is 4.10. The Balaban J connectivity index is 1.13. The standard InChI is InChI=1S/C24H25N5O3S/c1-31-19-9-7-18(8-10-19)24-28-22(32-29-24)5-2-4-21(30)26-13-3-6-23-27-20(16-33-23)17-11-14-25-15-12-17/h7-12,14-16H,2-6,13H2,1H3,(H,26,30). The van der Waals surface area contributed by atoms with Gasteiger partial charge in [0.25, 0.3) is 0 Å². The Bertz CT molecular complexity index is 1160. The van der Waals surface area contributed by atoms with Crippen LogP contribution in [0.15, 0.2) is 58.7 Å². The Kier molecular flexibility index (Phi) is 7.76. The highest BCUT2D eigenvalue weighted by atomic mass is 32.1. The summed E-state index contributed by atoms with van der Waals surface area (Å²) in [5, 5.41) is 10.1. The van der Waals surface area contributed by atoms with Gasteiger partial charge in [-0.3, -0.25) is 9.78 Å². The van der Waals surface area contributed by atoms with Crippen molar-refractivity contribution in [2.75, 3.05) is 13.7 Å². The van der Waals surface area contributed by atoms with Gasteiger partial charge in [-0.2, -0.15) is 4.98 Å². The first-order chi connectivity index (χ1) is 16.2. The number of nitrogens with one attached hydrogen (secondary N) is 1. The average molecular weight is 464 g/mol. The molecule has 0 saturated carbocycles. The van der Waals surface area contributed by atoms with Crippen LogP contribution in [0.5, 0.6) is 5.75 Å². The van der Waals surface area contributed by atoms with Crippen LogP contribution in [0.3, 0.4) is 0 Å². The molecule has 1 N–H and O–H groups in total. The summed E-state index contributed by atoms with van der Waals surface area (Å²) in [7, 11) is 1.62. The van der Waals surface area contributed by atoms with Gasteiger partial charge >= 0.3 is 0 Å². The zero-order valence-electron chi connectivity index (χ0n) is 18.4. The number of aryl methyl sites for hydroxylation is 2. The van der Waals surface area contributed by atoms with Crippen molar-refractivity contribution in [2.24, 2.45) is 0 Å². The van der Waals surface area contributed by atoms with Gasteiger partial charge in [-0.15, -0.1) is 11.3 Å². The summed E-state index contributed by atoms with van der Waals surface area (Å²) in [5.74, 6) is 1.87. The van der Waals surface area contributed by atoms with Gasteiger partial charge in [-0.1, -0.05) is 5.16 Å². The predicted molar refractivity (Wildman–Crippen MR) is 126 cm³/mol. The van der Waals surface area contributed by atoms with Gasteiger partial charge in [0.2, 0.25) is 17.6 Å². The molecule has 0 aliphatic rings. The normalized spacial score (nSPS) is 10.8. The lowest BCUT2D eigenvalue weighted by molar-refractivity contribution is -0.121. The lowest BCUT2D eigenvalue weighted by Crippen LogP contribution is -2.24. The van der Waals surface area contributed by atoms with E-state index in [2.05, 4.69) is 30.8 Å². The number of nitrogens with zero attached hydrogens (tertiary/aromatic N) is 4. The maximum absolute atomic E-state index is 12.1. The van der Waals surface area contributed by atoms with Crippen molar-refractivity contribution < 1.29 is 14.1 Å². The maximum atomic E-state index is 12.1. The highest BCUT2D eigenvalue weighted by Crippen LogP contribution is 2.22. The fraction of sp³-hybridized carbons (Fsp3) is 0.292. The van der Waals surface area contributed by atoms with E-state index in [1.165, 1.54) is 0 Å². The number of carbonyl (C=O) groups is 1. The van der Waals surface area contributed by atoms with Crippen molar-refractivity contribution >= 4 is 17.2 Å². The van der Waals surface area contributed by atoms with Crippen LogP contribution in [-0.4, -0.2) is 39.7 Å². The number of hydrogen-bond donors (Lipinski definition) is 1. The number of thiazole rings is 1. The molecular formula is C24H25N5O3S. The van der Waals surface area contributed by atoms with Gasteiger partial charge in [0, 0.05) is 54.7 Å². The zero-order valence-corrected chi connectivity index (χ0v) is 19.2. The molecular weight excluding hydrogens is 438 g/mol. The van der Waals surface area contributed by atoms with Gasteiger partial charge in [0.1, 0.15) is 5.75 Å². The van der Waals surface area contributed by atoms with Crippen molar-refractivity contribution in [3.63, 3.8) is 0 Å². The third-order valence-electron chi connectivity index (χ3n) is 5.03. The molecule has 0 bridgehead atoms. The largest absolute Gasteiger partial charge is 0.497 e. The number of ether oxygens (including phenoxy) is 1. The highest BCUT2D eigenvalue weighted by molar-refractivity contribution is 7.09. The summed E-state index contributed by atoms with van der Waals surface area (Å²) in [5.41, 5.74) is 2.90. The molecule has 4 rings (SSSR count). The lowest BCUT2D eigenvalue weighted by atomic mass is 10.2. The summed E-state index contributed by atoms with van der Waals surface area (Å²) in [6.07, 6.45) is 6.86. The minimum absolute atomic E-state index is 0.0292. The van der Waals surface area contributed by atoms with Crippen LogP contribution in [0, 0.1) is 0 Å². The topological polar surface area (TPSA) is 103 Å². The number of methoxy groups -OCH3 is 1. The molecule has 1 aromatic carbocycles. The van der Waals surface area contributed by atoms with E-state index in [9.17, 15) is 4.79 Å². The van der Waals surface area contributed by atoms with Gasteiger partial charge in [0.15, 0.2) is 0 Å². The summed E-state index contributed by atoms with van der Waals surface area (Å²) in [6, 6.07) is 11.4. The van der Waals surface area contributed by atoms with Crippen molar-refractivity contribution in [1.82, 2.24) is 25.4 Å². The molecule has 1 amide bonds. The quantitative estimate of drug-likeness (QED) is 0.330. The number of hydrogen-bond acceptors (Lipinski definition) is 8. The average Bonchev–Trinajstić information content (AvgIpc) is 3.53. The second-order valence-corrected chi connectivity index (χ2v) is 8.35. The summed E-state index contributed by atoms with van der Waals surface area (Å²) in [4.78, 5) is 25.2. The van der Waals surface area contributed by atoms with Crippen molar-refractivity contribution in [2.45, 2.75) is 32.1 Å². The summed E-state index contributed by atoms with van der Waals surface area (Å²) < 4.78 is 10.5. The molecule has 0 aliphatic heterocycles. The van der Waals surface area contributed by atoms with Crippen LogP contribution in [0.2, 0.25) is 0 Å². The number of rotatable bonds is 11. The molecule has 0 saturated heterocycles. The summed E-state index contributed by atoms with van der Waals surface area (Å²) >= 11 is 1.64. The van der Waals surface area contributed by atoms with E-state index in [0.29, 0.717) is 37.5 Å². The van der Waals surface area contributed by atoms with Crippen molar-refractivity contribution in [3.05, 3.63) is 65.1 Å². The van der Waals surface area contributed by atoms with E-state index >= 15 is 0 Å². The third kappa shape index (κ3) is 6.45. The molecule has 33 heavy (non-hydrogen) atoms. The van der Waals surface area contributed by atoms with Crippen LogP contribution in [0.1, 0.15) is 30.2 Å². The Morgan fingerprint density at radius 1 is 1.03 bits per heavy atom. The molecule has 0 atom stereocenters. The van der Waals surface area contributed by atoms with Gasteiger partial charge in [-0.05, 0) is 49.2 Å². The first-order valence-corrected chi connectivity index (χ1v) is 11.7. The second kappa shape index (κ2) is 11.3. The van der Waals surface area contributed by atoms with Crippen molar-refractivity contribution in [3.8, 4) is 28.4 Å². The van der Waals surface area contributed by atoms with E-state index in [4.69, 9.17) is 9.26 Å². The van der Waals surface area contributed by atoms with Crippen LogP contribution < -0.4 is 10.1 Å².